The number of hydrogen-bond donors (Lipinski definition) is 2. The molecular formula is C20H22FN3O3S2. The van der Waals surface area contributed by atoms with E-state index in [9.17, 15) is 18.8 Å². The van der Waals surface area contributed by atoms with E-state index in [4.69, 9.17) is 5.73 Å². The maximum atomic E-state index is 12.9. The first-order valence-electron chi connectivity index (χ1n) is 9.23. The highest BCUT2D eigenvalue weighted by Gasteiger charge is 2.28. The molecule has 0 radical (unpaired) electrons. The molecule has 1 aromatic heterocycles. The van der Waals surface area contributed by atoms with Crippen LogP contribution in [0.5, 0.6) is 0 Å². The smallest absolute Gasteiger partial charge is 0.251 e. The number of amides is 3. The Labute approximate surface area is 176 Å². The Morgan fingerprint density at radius 2 is 2.00 bits per heavy atom. The van der Waals surface area contributed by atoms with Crippen molar-refractivity contribution in [3.8, 4) is 0 Å². The number of nitrogens with zero attached hydrogens (tertiary/aromatic N) is 1. The molecule has 0 saturated heterocycles. The summed E-state index contributed by atoms with van der Waals surface area (Å²) < 4.78 is 12.9. The third-order valence-electron chi connectivity index (χ3n) is 4.63. The Bertz CT molecular complexity index is 928. The largest absolute Gasteiger partial charge is 0.365 e. The molecular weight excluding hydrogens is 413 g/mol. The molecule has 0 aliphatic carbocycles. The minimum atomic E-state index is -0.569. The van der Waals surface area contributed by atoms with Crippen molar-refractivity contribution in [3.63, 3.8) is 0 Å². The van der Waals surface area contributed by atoms with E-state index < -0.39 is 5.91 Å². The van der Waals surface area contributed by atoms with Gasteiger partial charge in [0.15, 0.2) is 0 Å². The van der Waals surface area contributed by atoms with E-state index in [1.165, 1.54) is 30.4 Å². The average Bonchev–Trinajstić information content (AvgIpc) is 3.03. The number of anilines is 1. The standard InChI is InChI=1S/C20H22FN3O3S2/c1-12(25)24-9-8-15-16(11-24)29-20(18(15)19(22)27)23-17(26)3-2-10-28-14-6-4-13(21)5-7-14/h4-7H,2-3,8-11H2,1H3,(H2,22,27)(H,23,26). The Balaban J connectivity index is 1.57. The van der Waals surface area contributed by atoms with Gasteiger partial charge in [-0.1, -0.05) is 0 Å². The highest BCUT2D eigenvalue weighted by molar-refractivity contribution is 7.99. The normalized spacial score (nSPS) is 13.1. The molecule has 0 unspecified atom stereocenters. The van der Waals surface area contributed by atoms with Gasteiger partial charge in [-0.3, -0.25) is 14.4 Å². The zero-order chi connectivity index (χ0) is 21.0. The Hall–Kier alpha value is -2.39. The first-order valence-corrected chi connectivity index (χ1v) is 11.0. The van der Waals surface area contributed by atoms with Crippen molar-refractivity contribution in [2.24, 2.45) is 5.73 Å². The molecule has 0 spiro atoms. The highest BCUT2D eigenvalue weighted by atomic mass is 32.2. The zero-order valence-corrected chi connectivity index (χ0v) is 17.6. The van der Waals surface area contributed by atoms with E-state index in [2.05, 4.69) is 5.32 Å². The van der Waals surface area contributed by atoms with Crippen molar-refractivity contribution in [3.05, 3.63) is 46.1 Å². The number of nitrogens with two attached hydrogens (primary N) is 1. The lowest BCUT2D eigenvalue weighted by Gasteiger charge is -2.25. The van der Waals surface area contributed by atoms with Gasteiger partial charge in [0.25, 0.3) is 5.91 Å². The van der Waals surface area contributed by atoms with Crippen molar-refractivity contribution >= 4 is 45.8 Å². The van der Waals surface area contributed by atoms with Crippen LogP contribution in [0.2, 0.25) is 0 Å². The van der Waals surface area contributed by atoms with Crippen molar-refractivity contribution < 1.29 is 18.8 Å². The summed E-state index contributed by atoms with van der Waals surface area (Å²) in [6.45, 7) is 2.48. The molecule has 9 heteroatoms. The molecule has 3 amide bonds. The van der Waals surface area contributed by atoms with Crippen LogP contribution >= 0.6 is 23.1 Å². The maximum Gasteiger partial charge on any atom is 0.251 e. The molecule has 29 heavy (non-hydrogen) atoms. The van der Waals surface area contributed by atoms with E-state index in [1.54, 1.807) is 28.8 Å². The predicted molar refractivity (Wildman–Crippen MR) is 113 cm³/mol. The molecule has 0 saturated carbocycles. The minimum absolute atomic E-state index is 0.0195. The van der Waals surface area contributed by atoms with Crippen LogP contribution in [0.25, 0.3) is 0 Å². The molecule has 1 aromatic carbocycles. The molecule has 6 nitrogen and oxygen atoms in total. The molecule has 3 rings (SSSR count). The van der Waals surface area contributed by atoms with Crippen LogP contribution < -0.4 is 11.1 Å². The number of hydrogen-bond acceptors (Lipinski definition) is 5. The zero-order valence-electron chi connectivity index (χ0n) is 16.0. The third kappa shape index (κ3) is 5.36. The lowest BCUT2D eigenvalue weighted by Crippen LogP contribution is -2.34. The van der Waals surface area contributed by atoms with Crippen LogP contribution in [-0.4, -0.2) is 34.9 Å². The highest BCUT2D eigenvalue weighted by Crippen LogP contribution is 2.37. The lowest BCUT2D eigenvalue weighted by molar-refractivity contribution is -0.129. The van der Waals surface area contributed by atoms with Crippen LogP contribution in [-0.2, 0) is 22.6 Å². The number of thioether (sulfide) groups is 1. The van der Waals surface area contributed by atoms with Gasteiger partial charge in [-0.25, -0.2) is 4.39 Å². The van der Waals surface area contributed by atoms with Crippen LogP contribution in [0.15, 0.2) is 29.2 Å². The summed E-state index contributed by atoms with van der Waals surface area (Å²) in [6, 6.07) is 6.23. The minimum Gasteiger partial charge on any atom is -0.365 e. The molecule has 2 heterocycles. The number of benzene rings is 1. The number of primary amides is 1. The number of fused-ring (bicyclic) bond motifs is 1. The quantitative estimate of drug-likeness (QED) is 0.515. The van der Waals surface area contributed by atoms with Gasteiger partial charge in [-0.05, 0) is 48.4 Å². The first-order chi connectivity index (χ1) is 13.8. The topological polar surface area (TPSA) is 92.5 Å². The monoisotopic (exact) mass is 435 g/mol. The van der Waals surface area contributed by atoms with Crippen molar-refractivity contribution in [1.82, 2.24) is 4.90 Å². The summed E-state index contributed by atoms with van der Waals surface area (Å²) in [5.74, 6) is -0.330. The fraction of sp³-hybridized carbons (Fsp3) is 0.350. The lowest BCUT2D eigenvalue weighted by atomic mass is 10.0. The Morgan fingerprint density at radius 1 is 1.28 bits per heavy atom. The molecule has 0 atom stereocenters. The van der Waals surface area contributed by atoms with Crippen LogP contribution in [0.4, 0.5) is 9.39 Å². The molecule has 1 aliphatic heterocycles. The number of carbonyl (C=O) groups is 3. The number of carbonyl (C=O) groups excluding carboxylic acids is 3. The summed E-state index contributed by atoms with van der Waals surface area (Å²) in [5, 5.41) is 3.28. The van der Waals surface area contributed by atoms with Gasteiger partial charge in [-0.2, -0.15) is 0 Å². The van der Waals surface area contributed by atoms with Crippen LogP contribution in [0, 0.1) is 5.82 Å². The summed E-state index contributed by atoms with van der Waals surface area (Å²) in [6.07, 6.45) is 1.49. The number of rotatable bonds is 7. The van der Waals surface area contributed by atoms with Gasteiger partial charge in [0, 0.05) is 29.7 Å². The van der Waals surface area contributed by atoms with Gasteiger partial charge in [0.2, 0.25) is 11.8 Å². The molecule has 0 bridgehead atoms. The van der Waals surface area contributed by atoms with Crippen LogP contribution in [0.3, 0.4) is 0 Å². The van der Waals surface area contributed by atoms with Crippen LogP contribution in [0.1, 0.15) is 40.6 Å². The van der Waals surface area contributed by atoms with Gasteiger partial charge < -0.3 is 16.0 Å². The number of nitrogens with one attached hydrogen (secondary N) is 1. The fourth-order valence-corrected chi connectivity index (χ4v) is 5.30. The summed E-state index contributed by atoms with van der Waals surface area (Å²) in [5.41, 5.74) is 6.75. The molecule has 2 aromatic rings. The van der Waals surface area contributed by atoms with Gasteiger partial charge in [0.05, 0.1) is 12.1 Å². The Kier molecular flexibility index (Phi) is 6.92. The van der Waals surface area contributed by atoms with Gasteiger partial charge in [0.1, 0.15) is 10.8 Å². The summed E-state index contributed by atoms with van der Waals surface area (Å²) in [7, 11) is 0. The fourth-order valence-electron chi connectivity index (χ4n) is 3.16. The third-order valence-corrected chi connectivity index (χ3v) is 6.86. The van der Waals surface area contributed by atoms with Crippen molar-refractivity contribution in [2.45, 2.75) is 37.6 Å². The second-order valence-electron chi connectivity index (χ2n) is 6.72. The van der Waals surface area contributed by atoms with Crippen molar-refractivity contribution in [2.75, 3.05) is 17.6 Å². The summed E-state index contributed by atoms with van der Waals surface area (Å²) >= 11 is 2.86. The summed E-state index contributed by atoms with van der Waals surface area (Å²) in [4.78, 5) is 39.5. The van der Waals surface area contributed by atoms with E-state index in [1.807, 2.05) is 0 Å². The number of thiophene rings is 1. The van der Waals surface area contributed by atoms with Gasteiger partial charge >= 0.3 is 0 Å². The first kappa shape index (κ1) is 21.3. The van der Waals surface area contributed by atoms with Gasteiger partial charge in [-0.15, -0.1) is 23.1 Å². The maximum absolute atomic E-state index is 12.9. The second kappa shape index (κ2) is 9.41. The van der Waals surface area contributed by atoms with E-state index in [-0.39, 0.29) is 17.6 Å². The second-order valence-corrected chi connectivity index (χ2v) is 8.99. The number of halogens is 1. The molecule has 0 fully saturated rings. The SMILES string of the molecule is CC(=O)N1CCc2c(sc(NC(=O)CCCSc3ccc(F)cc3)c2C(N)=O)C1. The molecule has 154 valence electrons. The predicted octanol–water partition coefficient (Wildman–Crippen LogP) is 3.40. The van der Waals surface area contributed by atoms with E-state index in [0.29, 0.717) is 42.9 Å². The van der Waals surface area contributed by atoms with Crippen molar-refractivity contribution in [1.29, 1.82) is 0 Å². The Morgan fingerprint density at radius 3 is 2.66 bits per heavy atom. The average molecular weight is 436 g/mol. The molecule has 3 N–H and O–H groups in total. The van der Waals surface area contributed by atoms with E-state index >= 15 is 0 Å². The molecule has 1 aliphatic rings. The van der Waals surface area contributed by atoms with E-state index in [0.717, 1.165) is 21.1 Å².